The number of ether oxygens (including phenoxy) is 1. The predicted octanol–water partition coefficient (Wildman–Crippen LogP) is 3.36. The molecular formula is C14H29NO. The molecule has 96 valence electrons. The maximum atomic E-state index is 6.18. The van der Waals surface area contributed by atoms with Crippen LogP contribution < -0.4 is 5.32 Å². The summed E-state index contributed by atoms with van der Waals surface area (Å²) >= 11 is 0. The molecule has 0 amide bonds. The summed E-state index contributed by atoms with van der Waals surface area (Å²) in [6.07, 6.45) is 7.46. The highest BCUT2D eigenvalue weighted by Gasteiger charge is 2.24. The summed E-state index contributed by atoms with van der Waals surface area (Å²) in [4.78, 5) is 0. The third-order valence-electron chi connectivity index (χ3n) is 3.95. The van der Waals surface area contributed by atoms with Crippen molar-refractivity contribution in [3.8, 4) is 0 Å². The van der Waals surface area contributed by atoms with Gasteiger partial charge in [-0.05, 0) is 39.2 Å². The fraction of sp³-hybridized carbons (Fsp3) is 1.00. The minimum Gasteiger partial charge on any atom is -0.374 e. The molecule has 0 aromatic carbocycles. The molecule has 4 atom stereocenters. The zero-order valence-electron chi connectivity index (χ0n) is 11.5. The van der Waals surface area contributed by atoms with E-state index in [1.165, 1.54) is 32.1 Å². The van der Waals surface area contributed by atoms with E-state index in [4.69, 9.17) is 4.74 Å². The second-order valence-electron chi connectivity index (χ2n) is 5.25. The van der Waals surface area contributed by atoms with Gasteiger partial charge in [-0.15, -0.1) is 0 Å². The van der Waals surface area contributed by atoms with Crippen LogP contribution in [0.15, 0.2) is 0 Å². The SMILES string of the molecule is CCNC(C)C(C)OC1CCCC(CC)C1. The molecule has 2 heteroatoms. The van der Waals surface area contributed by atoms with Crippen LogP contribution in [0.2, 0.25) is 0 Å². The quantitative estimate of drug-likeness (QED) is 0.751. The number of likely N-dealkylation sites (N-methyl/N-ethyl adjacent to an activating group) is 1. The Bertz CT molecular complexity index is 184. The van der Waals surface area contributed by atoms with E-state index >= 15 is 0 Å². The fourth-order valence-corrected chi connectivity index (χ4v) is 2.65. The zero-order valence-corrected chi connectivity index (χ0v) is 11.5. The molecule has 2 nitrogen and oxygen atoms in total. The Morgan fingerprint density at radius 1 is 1.25 bits per heavy atom. The molecule has 16 heavy (non-hydrogen) atoms. The van der Waals surface area contributed by atoms with E-state index in [9.17, 15) is 0 Å². The van der Waals surface area contributed by atoms with Crippen LogP contribution in [0.25, 0.3) is 0 Å². The van der Waals surface area contributed by atoms with Gasteiger partial charge in [-0.1, -0.05) is 33.1 Å². The van der Waals surface area contributed by atoms with Crippen LogP contribution in [0.5, 0.6) is 0 Å². The van der Waals surface area contributed by atoms with Gasteiger partial charge in [0.2, 0.25) is 0 Å². The standard InChI is InChI=1S/C14H29NO/c1-5-13-8-7-9-14(10-13)16-12(4)11(3)15-6-2/h11-15H,5-10H2,1-4H3. The molecular weight excluding hydrogens is 198 g/mol. The first-order valence-corrected chi connectivity index (χ1v) is 7.06. The molecule has 0 aliphatic heterocycles. The van der Waals surface area contributed by atoms with Crippen molar-refractivity contribution in [1.82, 2.24) is 5.32 Å². The van der Waals surface area contributed by atoms with Gasteiger partial charge in [0, 0.05) is 6.04 Å². The van der Waals surface area contributed by atoms with Gasteiger partial charge in [0.05, 0.1) is 12.2 Å². The first-order valence-electron chi connectivity index (χ1n) is 7.06. The topological polar surface area (TPSA) is 21.3 Å². The lowest BCUT2D eigenvalue weighted by Gasteiger charge is -2.32. The molecule has 1 N–H and O–H groups in total. The highest BCUT2D eigenvalue weighted by atomic mass is 16.5. The average Bonchev–Trinajstić information content (AvgIpc) is 2.29. The van der Waals surface area contributed by atoms with Gasteiger partial charge in [0.1, 0.15) is 0 Å². The highest BCUT2D eigenvalue weighted by Crippen LogP contribution is 2.29. The second-order valence-corrected chi connectivity index (χ2v) is 5.25. The molecule has 1 aliphatic carbocycles. The van der Waals surface area contributed by atoms with Crippen LogP contribution in [-0.2, 0) is 4.74 Å². The molecule has 0 aromatic rings. The lowest BCUT2D eigenvalue weighted by Crippen LogP contribution is -2.40. The summed E-state index contributed by atoms with van der Waals surface area (Å²) < 4.78 is 6.18. The Balaban J connectivity index is 2.29. The van der Waals surface area contributed by atoms with E-state index in [0.29, 0.717) is 18.2 Å². The van der Waals surface area contributed by atoms with Crippen LogP contribution >= 0.6 is 0 Å². The molecule has 0 saturated heterocycles. The van der Waals surface area contributed by atoms with Crippen molar-refractivity contribution in [3.05, 3.63) is 0 Å². The summed E-state index contributed by atoms with van der Waals surface area (Å²) in [5.74, 6) is 0.903. The van der Waals surface area contributed by atoms with Gasteiger partial charge in [-0.25, -0.2) is 0 Å². The van der Waals surface area contributed by atoms with E-state index in [1.54, 1.807) is 0 Å². The molecule has 0 heterocycles. The molecule has 1 saturated carbocycles. The third kappa shape index (κ3) is 4.42. The molecule has 4 unspecified atom stereocenters. The minimum atomic E-state index is 0.334. The number of nitrogens with one attached hydrogen (secondary N) is 1. The van der Waals surface area contributed by atoms with E-state index in [-0.39, 0.29) is 0 Å². The van der Waals surface area contributed by atoms with Crippen molar-refractivity contribution in [3.63, 3.8) is 0 Å². The Morgan fingerprint density at radius 3 is 2.62 bits per heavy atom. The van der Waals surface area contributed by atoms with Crippen LogP contribution in [0, 0.1) is 5.92 Å². The monoisotopic (exact) mass is 227 g/mol. The van der Waals surface area contributed by atoms with E-state index in [2.05, 4.69) is 33.0 Å². The van der Waals surface area contributed by atoms with E-state index < -0.39 is 0 Å². The van der Waals surface area contributed by atoms with Gasteiger partial charge < -0.3 is 10.1 Å². The van der Waals surface area contributed by atoms with Crippen LogP contribution in [-0.4, -0.2) is 24.8 Å². The summed E-state index contributed by atoms with van der Waals surface area (Å²) in [5.41, 5.74) is 0. The van der Waals surface area contributed by atoms with Crippen molar-refractivity contribution in [2.45, 2.75) is 78.0 Å². The summed E-state index contributed by atoms with van der Waals surface area (Å²) in [7, 11) is 0. The second kappa shape index (κ2) is 7.29. The fourth-order valence-electron chi connectivity index (χ4n) is 2.65. The molecule has 0 aromatic heterocycles. The highest BCUT2D eigenvalue weighted by molar-refractivity contribution is 4.76. The third-order valence-corrected chi connectivity index (χ3v) is 3.95. The first kappa shape index (κ1) is 14.0. The lowest BCUT2D eigenvalue weighted by molar-refractivity contribution is -0.0448. The molecule has 1 fully saturated rings. The van der Waals surface area contributed by atoms with E-state index in [1.807, 2.05) is 0 Å². The Morgan fingerprint density at radius 2 is 2.00 bits per heavy atom. The summed E-state index contributed by atoms with van der Waals surface area (Å²) in [5, 5.41) is 3.44. The van der Waals surface area contributed by atoms with Crippen LogP contribution in [0.3, 0.4) is 0 Å². The summed E-state index contributed by atoms with van der Waals surface area (Å²) in [6.45, 7) is 9.89. The smallest absolute Gasteiger partial charge is 0.0700 e. The maximum absolute atomic E-state index is 6.18. The van der Waals surface area contributed by atoms with Gasteiger partial charge in [-0.2, -0.15) is 0 Å². The number of hydrogen-bond acceptors (Lipinski definition) is 2. The van der Waals surface area contributed by atoms with Crippen molar-refractivity contribution < 1.29 is 4.74 Å². The summed E-state index contributed by atoms with van der Waals surface area (Å²) in [6, 6.07) is 0.465. The van der Waals surface area contributed by atoms with Gasteiger partial charge in [-0.3, -0.25) is 0 Å². The van der Waals surface area contributed by atoms with Crippen molar-refractivity contribution >= 4 is 0 Å². The minimum absolute atomic E-state index is 0.334. The van der Waals surface area contributed by atoms with Crippen LogP contribution in [0.1, 0.15) is 59.8 Å². The number of rotatable bonds is 6. The molecule has 1 aliphatic rings. The van der Waals surface area contributed by atoms with Gasteiger partial charge >= 0.3 is 0 Å². The molecule has 0 radical (unpaired) electrons. The largest absolute Gasteiger partial charge is 0.374 e. The molecule has 0 spiro atoms. The first-order chi connectivity index (χ1) is 7.67. The molecule has 0 bridgehead atoms. The molecule has 1 rings (SSSR count). The van der Waals surface area contributed by atoms with Crippen molar-refractivity contribution in [1.29, 1.82) is 0 Å². The Kier molecular flexibility index (Phi) is 6.37. The normalized spacial score (nSPS) is 30.0. The lowest BCUT2D eigenvalue weighted by atomic mass is 9.85. The van der Waals surface area contributed by atoms with Gasteiger partial charge in [0.15, 0.2) is 0 Å². The Hall–Kier alpha value is -0.0800. The van der Waals surface area contributed by atoms with Crippen molar-refractivity contribution in [2.75, 3.05) is 6.54 Å². The number of hydrogen-bond donors (Lipinski definition) is 1. The van der Waals surface area contributed by atoms with Gasteiger partial charge in [0.25, 0.3) is 0 Å². The van der Waals surface area contributed by atoms with Crippen molar-refractivity contribution in [2.24, 2.45) is 5.92 Å². The van der Waals surface area contributed by atoms with Crippen LogP contribution in [0.4, 0.5) is 0 Å². The van der Waals surface area contributed by atoms with E-state index in [0.717, 1.165) is 12.5 Å². The maximum Gasteiger partial charge on any atom is 0.0700 e. The average molecular weight is 227 g/mol. The predicted molar refractivity (Wildman–Crippen MR) is 69.7 cm³/mol. The Labute approximate surface area is 101 Å². The zero-order chi connectivity index (χ0) is 12.0.